The van der Waals surface area contributed by atoms with Gasteiger partial charge in [-0.05, 0) is 44.0 Å². The number of carbonyl (C=O) groups excluding carboxylic acids is 1. The molecule has 0 saturated heterocycles. The maximum atomic E-state index is 12.5. The summed E-state index contributed by atoms with van der Waals surface area (Å²) in [5.41, 5.74) is 2.16. The zero-order valence-electron chi connectivity index (χ0n) is 11.8. The fourth-order valence-electron chi connectivity index (χ4n) is 2.42. The summed E-state index contributed by atoms with van der Waals surface area (Å²) in [5, 5.41) is 0.171. The molecule has 0 spiro atoms. The molecular formula is C16H18LiO3P. The second kappa shape index (κ2) is 6.77. The van der Waals surface area contributed by atoms with Crippen LogP contribution < -0.4 is 5.30 Å². The molecule has 0 fully saturated rings. The summed E-state index contributed by atoms with van der Waals surface area (Å²) < 4.78 is 12.5. The van der Waals surface area contributed by atoms with E-state index >= 15 is 0 Å². The molecule has 1 unspecified atom stereocenters. The number of aryl methyl sites for hydroxylation is 3. The topological polar surface area (TPSA) is 54.4 Å². The van der Waals surface area contributed by atoms with E-state index in [9.17, 15) is 14.3 Å². The zero-order chi connectivity index (χ0) is 14.9. The van der Waals surface area contributed by atoms with E-state index in [2.05, 4.69) is 0 Å². The number of hydrogen-bond donors (Lipinski definition) is 1. The van der Waals surface area contributed by atoms with Crippen molar-refractivity contribution < 1.29 is 14.3 Å². The van der Waals surface area contributed by atoms with E-state index in [0.717, 1.165) is 16.7 Å². The quantitative estimate of drug-likeness (QED) is 0.700. The molecule has 0 saturated carbocycles. The van der Waals surface area contributed by atoms with Crippen LogP contribution in [-0.4, -0.2) is 29.3 Å². The minimum atomic E-state index is -4.07. The van der Waals surface area contributed by atoms with Gasteiger partial charge < -0.3 is 4.89 Å². The predicted molar refractivity (Wildman–Crippen MR) is 88.0 cm³/mol. The molecule has 0 aromatic heterocycles. The molecule has 106 valence electrons. The SMILES string of the molecule is Cc1cc(C)c(C(=O)P(=O)(O)c2ccccc2)c(C)c1.[LiH]. The van der Waals surface area contributed by atoms with Crippen molar-refractivity contribution in [1.82, 2.24) is 0 Å². The molecule has 2 aromatic rings. The van der Waals surface area contributed by atoms with Crippen LogP contribution >= 0.6 is 7.37 Å². The Labute approximate surface area is 137 Å². The van der Waals surface area contributed by atoms with Crippen LogP contribution in [0.2, 0.25) is 0 Å². The number of carbonyl (C=O) groups is 1. The van der Waals surface area contributed by atoms with Crippen LogP contribution in [0, 0.1) is 20.8 Å². The summed E-state index contributed by atoms with van der Waals surface area (Å²) in [6, 6.07) is 11.8. The summed E-state index contributed by atoms with van der Waals surface area (Å²) in [6.07, 6.45) is 0. The predicted octanol–water partition coefficient (Wildman–Crippen LogP) is 2.70. The standard InChI is InChI=1S/C16H17O3P.Li.H/c1-11-9-12(2)15(13(3)10-11)16(17)20(18,19)14-7-5-4-6-8-14;;/h4-10H,1-3H3,(H,18,19);;. The average molecular weight is 296 g/mol. The van der Waals surface area contributed by atoms with Crippen LogP contribution in [0.1, 0.15) is 27.0 Å². The van der Waals surface area contributed by atoms with Gasteiger partial charge in [0.25, 0.3) is 12.9 Å². The van der Waals surface area contributed by atoms with E-state index < -0.39 is 12.9 Å². The Morgan fingerprint density at radius 1 is 1.00 bits per heavy atom. The van der Waals surface area contributed by atoms with E-state index in [-0.39, 0.29) is 24.2 Å². The number of benzene rings is 2. The van der Waals surface area contributed by atoms with Crippen molar-refractivity contribution in [3.63, 3.8) is 0 Å². The molecular weight excluding hydrogens is 278 g/mol. The van der Waals surface area contributed by atoms with Gasteiger partial charge in [-0.15, -0.1) is 0 Å². The third-order valence-electron chi connectivity index (χ3n) is 3.27. The van der Waals surface area contributed by atoms with Gasteiger partial charge in [0.05, 0.1) is 0 Å². The average Bonchev–Trinajstić information content (AvgIpc) is 2.38. The van der Waals surface area contributed by atoms with Crippen molar-refractivity contribution in [3.8, 4) is 0 Å². The summed E-state index contributed by atoms with van der Waals surface area (Å²) in [5.74, 6) is 0. The molecule has 0 radical (unpaired) electrons. The molecule has 21 heavy (non-hydrogen) atoms. The first-order chi connectivity index (χ1) is 9.34. The van der Waals surface area contributed by atoms with Crippen molar-refractivity contribution in [2.45, 2.75) is 20.8 Å². The van der Waals surface area contributed by atoms with Crippen LogP contribution in [0.4, 0.5) is 0 Å². The molecule has 0 aliphatic rings. The molecule has 0 bridgehead atoms. The van der Waals surface area contributed by atoms with Crippen LogP contribution in [0.15, 0.2) is 42.5 Å². The molecule has 0 aliphatic carbocycles. The molecule has 1 N–H and O–H groups in total. The van der Waals surface area contributed by atoms with Gasteiger partial charge in [0.15, 0.2) is 0 Å². The summed E-state index contributed by atoms with van der Waals surface area (Å²) >= 11 is 0. The summed E-state index contributed by atoms with van der Waals surface area (Å²) in [6.45, 7) is 5.51. The van der Waals surface area contributed by atoms with E-state index in [1.165, 1.54) is 12.1 Å². The first-order valence-electron chi connectivity index (χ1n) is 6.35. The molecule has 3 nitrogen and oxygen atoms in total. The van der Waals surface area contributed by atoms with Gasteiger partial charge in [-0.25, -0.2) is 0 Å². The second-order valence-corrected chi connectivity index (χ2v) is 7.07. The van der Waals surface area contributed by atoms with Gasteiger partial charge in [-0.3, -0.25) is 9.36 Å². The zero-order valence-corrected chi connectivity index (χ0v) is 12.6. The Bertz CT molecular complexity index is 688. The second-order valence-electron chi connectivity index (χ2n) is 4.99. The molecule has 2 rings (SSSR count). The Balaban J connectivity index is 0.00000220. The van der Waals surface area contributed by atoms with Gasteiger partial charge in [0.2, 0.25) is 0 Å². The minimum absolute atomic E-state index is 0. The molecule has 0 aliphatic heterocycles. The Kier molecular flexibility index (Phi) is 5.79. The first-order valence-corrected chi connectivity index (χ1v) is 8.01. The monoisotopic (exact) mass is 296 g/mol. The van der Waals surface area contributed by atoms with Crippen LogP contribution in [0.25, 0.3) is 0 Å². The van der Waals surface area contributed by atoms with Gasteiger partial charge in [0.1, 0.15) is 0 Å². The third kappa shape index (κ3) is 3.57. The number of rotatable bonds is 3. The molecule has 5 heteroatoms. The van der Waals surface area contributed by atoms with E-state index in [1.807, 2.05) is 19.1 Å². The van der Waals surface area contributed by atoms with Crippen LogP contribution in [0.5, 0.6) is 0 Å². The molecule has 0 heterocycles. The Morgan fingerprint density at radius 2 is 1.48 bits per heavy atom. The van der Waals surface area contributed by atoms with Gasteiger partial charge in [-0.1, -0.05) is 35.9 Å². The van der Waals surface area contributed by atoms with Crippen molar-refractivity contribution in [2.24, 2.45) is 0 Å². The normalized spacial score (nSPS) is 13.1. The fraction of sp³-hybridized carbons (Fsp3) is 0.188. The van der Waals surface area contributed by atoms with Crippen molar-refractivity contribution in [3.05, 3.63) is 64.7 Å². The fourth-order valence-corrected chi connectivity index (χ4v) is 3.88. The van der Waals surface area contributed by atoms with Crippen LogP contribution in [-0.2, 0) is 4.57 Å². The van der Waals surface area contributed by atoms with E-state index in [4.69, 9.17) is 0 Å². The summed E-state index contributed by atoms with van der Waals surface area (Å²) in [4.78, 5) is 22.7. The van der Waals surface area contributed by atoms with Crippen molar-refractivity contribution >= 4 is 37.1 Å². The van der Waals surface area contributed by atoms with E-state index in [1.54, 1.807) is 32.0 Å². The Hall–Kier alpha value is -1.10. The number of hydrogen-bond acceptors (Lipinski definition) is 2. The summed E-state index contributed by atoms with van der Waals surface area (Å²) in [7, 11) is -4.07. The van der Waals surface area contributed by atoms with Crippen molar-refractivity contribution in [2.75, 3.05) is 0 Å². The van der Waals surface area contributed by atoms with Gasteiger partial charge in [0, 0.05) is 10.9 Å². The van der Waals surface area contributed by atoms with Crippen molar-refractivity contribution in [1.29, 1.82) is 0 Å². The first kappa shape index (κ1) is 17.9. The molecule has 0 amide bonds. The van der Waals surface area contributed by atoms with Crippen LogP contribution in [0.3, 0.4) is 0 Å². The van der Waals surface area contributed by atoms with E-state index in [0.29, 0.717) is 5.56 Å². The molecule has 1 atom stereocenters. The third-order valence-corrected chi connectivity index (χ3v) is 5.04. The Morgan fingerprint density at radius 3 is 1.95 bits per heavy atom. The van der Waals surface area contributed by atoms with Gasteiger partial charge >= 0.3 is 18.9 Å². The molecule has 2 aromatic carbocycles. The van der Waals surface area contributed by atoms with Gasteiger partial charge in [-0.2, -0.15) is 0 Å². The maximum absolute atomic E-state index is 12.5.